The molecule has 0 aromatic heterocycles. The van der Waals surface area contributed by atoms with E-state index in [0.717, 1.165) is 4.90 Å². The fourth-order valence-electron chi connectivity index (χ4n) is 0.720. The second-order valence-electron chi connectivity index (χ2n) is 2.04. The highest BCUT2D eigenvalue weighted by atomic mass is 19.4. The van der Waals surface area contributed by atoms with Crippen LogP contribution in [0, 0.1) is 0 Å². The summed E-state index contributed by atoms with van der Waals surface area (Å²) in [6.45, 7) is -0.629. The van der Waals surface area contributed by atoms with Crippen molar-refractivity contribution in [2.75, 3.05) is 13.2 Å². The molecule has 1 aliphatic heterocycles. The number of nitrogens with zero attached hydrogens (tertiary/aromatic N) is 1. The van der Waals surface area contributed by atoms with Crippen LogP contribution in [0.15, 0.2) is 12.4 Å². The number of hydrogen-bond donors (Lipinski definition) is 1. The number of halogens is 3. The Kier molecular flexibility index (Phi) is 1.74. The van der Waals surface area contributed by atoms with Gasteiger partial charge in [-0.1, -0.05) is 0 Å². The van der Waals surface area contributed by atoms with Crippen molar-refractivity contribution in [2.45, 2.75) is 6.18 Å². The van der Waals surface area contributed by atoms with Crippen molar-refractivity contribution in [3.63, 3.8) is 0 Å². The summed E-state index contributed by atoms with van der Waals surface area (Å²) in [5.74, 6) is 0. The first-order chi connectivity index (χ1) is 4.58. The highest BCUT2D eigenvalue weighted by molar-refractivity contribution is 4.87. The Morgan fingerprint density at radius 3 is 2.60 bits per heavy atom. The zero-order valence-electron chi connectivity index (χ0n) is 5.15. The lowest BCUT2D eigenvalue weighted by Crippen LogP contribution is -2.31. The van der Waals surface area contributed by atoms with Gasteiger partial charge in [0, 0.05) is 12.4 Å². The van der Waals surface area contributed by atoms with E-state index in [9.17, 15) is 13.2 Å². The zero-order chi connectivity index (χ0) is 7.61. The molecule has 0 saturated heterocycles. The van der Waals surface area contributed by atoms with E-state index in [0.29, 0.717) is 0 Å². The van der Waals surface area contributed by atoms with Gasteiger partial charge in [0.15, 0.2) is 0 Å². The third-order valence-corrected chi connectivity index (χ3v) is 1.08. The van der Waals surface area contributed by atoms with Gasteiger partial charge in [0.2, 0.25) is 0 Å². The van der Waals surface area contributed by atoms with Crippen LogP contribution in [0.5, 0.6) is 0 Å². The third kappa shape index (κ3) is 2.16. The molecule has 0 spiro atoms. The van der Waals surface area contributed by atoms with Crippen LogP contribution >= 0.6 is 0 Å². The average molecular weight is 152 g/mol. The second-order valence-corrected chi connectivity index (χ2v) is 2.04. The van der Waals surface area contributed by atoms with Gasteiger partial charge < -0.3 is 10.2 Å². The van der Waals surface area contributed by atoms with Crippen molar-refractivity contribution in [3.8, 4) is 0 Å². The molecule has 0 amide bonds. The standard InChI is InChI=1S/C5H7F3N2/c6-5(7,8)3-10-2-1-9-4-10/h1-2,9H,3-4H2. The Labute approximate surface area is 56.3 Å². The summed E-state index contributed by atoms with van der Waals surface area (Å²) in [5, 5.41) is 2.64. The topological polar surface area (TPSA) is 15.3 Å². The maximum absolute atomic E-state index is 11.6. The SMILES string of the molecule is FC(F)(F)CN1C=CNC1. The maximum Gasteiger partial charge on any atom is 0.405 e. The molecule has 0 radical (unpaired) electrons. The predicted octanol–water partition coefficient (Wildman–Crippen LogP) is 0.883. The second kappa shape index (κ2) is 2.40. The van der Waals surface area contributed by atoms with Gasteiger partial charge in [0.25, 0.3) is 0 Å². The summed E-state index contributed by atoms with van der Waals surface area (Å²) >= 11 is 0. The van der Waals surface area contributed by atoms with Crippen LogP contribution in [-0.4, -0.2) is 24.3 Å². The van der Waals surface area contributed by atoms with Gasteiger partial charge in [-0.3, -0.25) is 0 Å². The molecule has 0 aliphatic carbocycles. The van der Waals surface area contributed by atoms with E-state index in [1.54, 1.807) is 0 Å². The molecule has 0 bridgehead atoms. The molecule has 0 aromatic rings. The van der Waals surface area contributed by atoms with Crippen molar-refractivity contribution >= 4 is 0 Å². The molecule has 1 rings (SSSR count). The van der Waals surface area contributed by atoms with E-state index in [2.05, 4.69) is 5.32 Å². The molecule has 1 aliphatic rings. The summed E-state index contributed by atoms with van der Waals surface area (Å²) in [6.07, 6.45) is -1.23. The summed E-state index contributed by atoms with van der Waals surface area (Å²) in [6, 6.07) is 0. The van der Waals surface area contributed by atoms with E-state index < -0.39 is 12.7 Å². The van der Waals surface area contributed by atoms with Crippen molar-refractivity contribution in [1.82, 2.24) is 10.2 Å². The normalized spacial score (nSPS) is 17.7. The lowest BCUT2D eigenvalue weighted by atomic mass is 10.6. The minimum atomic E-state index is -4.10. The van der Waals surface area contributed by atoms with Crippen molar-refractivity contribution in [3.05, 3.63) is 12.4 Å². The quantitative estimate of drug-likeness (QED) is 0.600. The molecule has 0 aromatic carbocycles. The Morgan fingerprint density at radius 2 is 2.20 bits per heavy atom. The molecular weight excluding hydrogens is 145 g/mol. The molecule has 10 heavy (non-hydrogen) atoms. The molecule has 0 unspecified atom stereocenters. The lowest BCUT2D eigenvalue weighted by molar-refractivity contribution is -0.139. The van der Waals surface area contributed by atoms with E-state index >= 15 is 0 Å². The average Bonchev–Trinajstić information content (AvgIpc) is 2.12. The van der Waals surface area contributed by atoms with E-state index in [1.165, 1.54) is 12.4 Å². The van der Waals surface area contributed by atoms with Crippen LogP contribution in [0.2, 0.25) is 0 Å². The van der Waals surface area contributed by atoms with E-state index in [1.807, 2.05) is 0 Å². The molecule has 0 fully saturated rings. The van der Waals surface area contributed by atoms with Crippen molar-refractivity contribution < 1.29 is 13.2 Å². The molecule has 58 valence electrons. The van der Waals surface area contributed by atoms with Gasteiger partial charge in [-0.2, -0.15) is 13.2 Å². The van der Waals surface area contributed by atoms with Gasteiger partial charge in [-0.05, 0) is 0 Å². The number of nitrogens with one attached hydrogen (secondary N) is 1. The minimum absolute atomic E-state index is 0.250. The fourth-order valence-corrected chi connectivity index (χ4v) is 0.720. The third-order valence-electron chi connectivity index (χ3n) is 1.08. The minimum Gasteiger partial charge on any atom is -0.373 e. The Balaban J connectivity index is 2.31. The van der Waals surface area contributed by atoms with Crippen LogP contribution in [0.3, 0.4) is 0 Å². The molecular formula is C5H7F3N2. The Morgan fingerprint density at radius 1 is 1.50 bits per heavy atom. The number of rotatable bonds is 1. The van der Waals surface area contributed by atoms with Crippen LogP contribution in [0.25, 0.3) is 0 Å². The summed E-state index contributed by atoms with van der Waals surface area (Å²) < 4.78 is 34.8. The summed E-state index contributed by atoms with van der Waals surface area (Å²) in [4.78, 5) is 1.15. The van der Waals surface area contributed by atoms with E-state index in [-0.39, 0.29) is 6.67 Å². The molecule has 0 saturated carbocycles. The highest BCUT2D eigenvalue weighted by Crippen LogP contribution is 2.16. The molecule has 1 heterocycles. The highest BCUT2D eigenvalue weighted by Gasteiger charge is 2.29. The van der Waals surface area contributed by atoms with Crippen LogP contribution in [0.4, 0.5) is 13.2 Å². The monoisotopic (exact) mass is 152 g/mol. The summed E-state index contributed by atoms with van der Waals surface area (Å²) in [5.41, 5.74) is 0. The maximum atomic E-state index is 11.6. The first-order valence-corrected chi connectivity index (χ1v) is 2.79. The Hall–Kier alpha value is -0.870. The predicted molar refractivity (Wildman–Crippen MR) is 29.9 cm³/mol. The van der Waals surface area contributed by atoms with E-state index in [4.69, 9.17) is 0 Å². The Bertz CT molecular complexity index is 140. The van der Waals surface area contributed by atoms with Crippen LogP contribution in [-0.2, 0) is 0 Å². The molecule has 5 heteroatoms. The van der Waals surface area contributed by atoms with Gasteiger partial charge in [0.1, 0.15) is 6.54 Å². The fraction of sp³-hybridized carbons (Fsp3) is 0.600. The number of hydrogen-bond acceptors (Lipinski definition) is 2. The number of alkyl halides is 3. The largest absolute Gasteiger partial charge is 0.405 e. The van der Waals surface area contributed by atoms with Crippen LogP contribution in [0.1, 0.15) is 0 Å². The summed E-state index contributed by atoms with van der Waals surface area (Å²) in [7, 11) is 0. The smallest absolute Gasteiger partial charge is 0.373 e. The van der Waals surface area contributed by atoms with Gasteiger partial charge in [0.05, 0.1) is 6.67 Å². The lowest BCUT2D eigenvalue weighted by Gasteiger charge is -2.16. The van der Waals surface area contributed by atoms with Crippen LogP contribution < -0.4 is 5.32 Å². The van der Waals surface area contributed by atoms with Crippen molar-refractivity contribution in [1.29, 1.82) is 0 Å². The molecule has 1 N–H and O–H groups in total. The van der Waals surface area contributed by atoms with Crippen molar-refractivity contribution in [2.24, 2.45) is 0 Å². The van der Waals surface area contributed by atoms with Gasteiger partial charge in [-0.25, -0.2) is 0 Å². The first kappa shape index (κ1) is 7.24. The molecule has 0 atom stereocenters. The van der Waals surface area contributed by atoms with Gasteiger partial charge in [-0.15, -0.1) is 0 Å². The first-order valence-electron chi connectivity index (χ1n) is 2.79. The van der Waals surface area contributed by atoms with Gasteiger partial charge >= 0.3 is 6.18 Å². The molecule has 2 nitrogen and oxygen atoms in total. The zero-order valence-corrected chi connectivity index (χ0v) is 5.15.